The number of carbonyl (C=O) groups excluding carboxylic acids is 2. The average Bonchev–Trinajstić information content (AvgIpc) is 2.39. The van der Waals surface area contributed by atoms with Gasteiger partial charge in [-0.25, -0.2) is 0 Å². The molecule has 1 aliphatic rings. The summed E-state index contributed by atoms with van der Waals surface area (Å²) in [4.78, 5) is 29.3. The number of aromatic nitrogens is 1. The number of hydrogen-bond donors (Lipinski definition) is 1. The van der Waals surface area contributed by atoms with E-state index < -0.39 is 11.7 Å². The van der Waals surface area contributed by atoms with Gasteiger partial charge in [-0.1, -0.05) is 0 Å². The number of nitrogens with zero attached hydrogens (tertiary/aromatic N) is 2. The lowest BCUT2D eigenvalue weighted by Crippen LogP contribution is -2.40. The van der Waals surface area contributed by atoms with Crippen molar-refractivity contribution in [2.45, 2.75) is 19.3 Å². The fraction of sp³-hybridized carbons (Fsp3) is 0.417. The number of piperidine rings is 1. The van der Waals surface area contributed by atoms with E-state index in [0.29, 0.717) is 18.8 Å². The Morgan fingerprint density at radius 3 is 2.59 bits per heavy atom. The van der Waals surface area contributed by atoms with E-state index in [1.807, 2.05) is 0 Å². The third kappa shape index (κ3) is 2.43. The van der Waals surface area contributed by atoms with Crippen LogP contribution in [0.25, 0.3) is 0 Å². The van der Waals surface area contributed by atoms with E-state index >= 15 is 0 Å². The maximum absolute atomic E-state index is 12.0. The van der Waals surface area contributed by atoms with Gasteiger partial charge in [0, 0.05) is 31.2 Å². The molecule has 5 heteroatoms. The molecule has 0 bridgehead atoms. The topological polar surface area (TPSA) is 76.3 Å². The van der Waals surface area contributed by atoms with Crippen molar-refractivity contribution in [1.82, 2.24) is 9.88 Å². The van der Waals surface area contributed by atoms with Crippen LogP contribution in [0.1, 0.15) is 29.6 Å². The zero-order chi connectivity index (χ0) is 12.3. The molecule has 2 rings (SSSR count). The summed E-state index contributed by atoms with van der Waals surface area (Å²) in [5.41, 5.74) is 6.16. The summed E-state index contributed by atoms with van der Waals surface area (Å²) >= 11 is 0. The number of rotatable bonds is 2. The fourth-order valence-corrected chi connectivity index (χ4v) is 1.95. The molecule has 0 unspecified atom stereocenters. The van der Waals surface area contributed by atoms with Crippen molar-refractivity contribution in [3.8, 4) is 0 Å². The Morgan fingerprint density at radius 1 is 1.24 bits per heavy atom. The standard InChI is InChI=1S/C12H15N3O2/c13-10-4-5-14-8-9(10)11(16)12(17)15-6-2-1-3-7-15/h4-5,8H,1-3,6-7H2,(H2,13,14). The van der Waals surface area contributed by atoms with E-state index in [0.717, 1.165) is 19.3 Å². The van der Waals surface area contributed by atoms with Gasteiger partial charge in [-0.3, -0.25) is 14.6 Å². The van der Waals surface area contributed by atoms with Crippen LogP contribution in [0.2, 0.25) is 0 Å². The quantitative estimate of drug-likeness (QED) is 0.607. The third-order valence-electron chi connectivity index (χ3n) is 2.94. The first-order chi connectivity index (χ1) is 8.20. The Balaban J connectivity index is 2.14. The number of Topliss-reactive ketones (excluding diaryl/α,β-unsaturated/α-hetero) is 1. The van der Waals surface area contributed by atoms with Crippen molar-refractivity contribution >= 4 is 17.4 Å². The maximum Gasteiger partial charge on any atom is 0.295 e. The van der Waals surface area contributed by atoms with Crippen molar-refractivity contribution in [2.24, 2.45) is 0 Å². The Labute approximate surface area is 99.6 Å². The molecule has 0 saturated carbocycles. The van der Waals surface area contributed by atoms with Crippen molar-refractivity contribution in [1.29, 1.82) is 0 Å². The minimum Gasteiger partial charge on any atom is -0.398 e. The van der Waals surface area contributed by atoms with Crippen LogP contribution >= 0.6 is 0 Å². The molecule has 1 fully saturated rings. The Morgan fingerprint density at radius 2 is 1.94 bits per heavy atom. The molecule has 1 aromatic heterocycles. The van der Waals surface area contributed by atoms with Crippen LogP contribution < -0.4 is 5.73 Å². The van der Waals surface area contributed by atoms with Crippen LogP contribution in [0.5, 0.6) is 0 Å². The van der Waals surface area contributed by atoms with E-state index in [9.17, 15) is 9.59 Å². The van der Waals surface area contributed by atoms with E-state index in [1.165, 1.54) is 18.5 Å². The van der Waals surface area contributed by atoms with Crippen LogP contribution in [0.4, 0.5) is 5.69 Å². The van der Waals surface area contributed by atoms with E-state index in [1.54, 1.807) is 4.90 Å². The molecular formula is C12H15N3O2. The molecule has 90 valence electrons. The van der Waals surface area contributed by atoms with Crippen LogP contribution in [0.3, 0.4) is 0 Å². The van der Waals surface area contributed by atoms with Crippen molar-refractivity contribution in [2.75, 3.05) is 18.8 Å². The highest BCUT2D eigenvalue weighted by Gasteiger charge is 2.25. The zero-order valence-corrected chi connectivity index (χ0v) is 9.56. The normalized spacial score (nSPS) is 15.6. The minimum absolute atomic E-state index is 0.197. The SMILES string of the molecule is Nc1ccncc1C(=O)C(=O)N1CCCCC1. The Hall–Kier alpha value is -1.91. The van der Waals surface area contributed by atoms with Gasteiger partial charge in [-0.05, 0) is 25.3 Å². The lowest BCUT2D eigenvalue weighted by Gasteiger charge is -2.25. The van der Waals surface area contributed by atoms with Crippen LogP contribution in [-0.4, -0.2) is 34.7 Å². The Bertz CT molecular complexity index is 439. The van der Waals surface area contributed by atoms with Gasteiger partial charge in [0.25, 0.3) is 11.7 Å². The molecule has 1 aliphatic heterocycles. The van der Waals surface area contributed by atoms with Crippen LogP contribution in [0.15, 0.2) is 18.5 Å². The molecule has 0 aliphatic carbocycles. The molecule has 5 nitrogen and oxygen atoms in total. The van der Waals surface area contributed by atoms with Gasteiger partial charge >= 0.3 is 0 Å². The molecule has 0 aromatic carbocycles. The summed E-state index contributed by atoms with van der Waals surface area (Å²) < 4.78 is 0. The third-order valence-corrected chi connectivity index (χ3v) is 2.94. The number of carbonyl (C=O) groups is 2. The summed E-state index contributed by atoms with van der Waals surface area (Å²) in [7, 11) is 0. The van der Waals surface area contributed by atoms with Crippen molar-refractivity contribution < 1.29 is 9.59 Å². The molecule has 0 atom stereocenters. The second-order valence-corrected chi connectivity index (χ2v) is 4.14. The average molecular weight is 233 g/mol. The van der Waals surface area contributed by atoms with E-state index in [2.05, 4.69) is 4.98 Å². The molecule has 2 N–H and O–H groups in total. The predicted molar refractivity (Wildman–Crippen MR) is 63.4 cm³/mol. The van der Waals surface area contributed by atoms with Crippen LogP contribution in [0, 0.1) is 0 Å². The molecule has 1 amide bonds. The highest BCUT2D eigenvalue weighted by molar-refractivity contribution is 6.43. The highest BCUT2D eigenvalue weighted by Crippen LogP contribution is 2.14. The van der Waals surface area contributed by atoms with Gasteiger partial charge in [0.2, 0.25) is 0 Å². The summed E-state index contributed by atoms with van der Waals surface area (Å²) in [5, 5.41) is 0. The number of likely N-dealkylation sites (tertiary alicyclic amines) is 1. The lowest BCUT2D eigenvalue weighted by atomic mass is 10.1. The number of nitrogen functional groups attached to an aromatic ring is 1. The monoisotopic (exact) mass is 233 g/mol. The molecule has 17 heavy (non-hydrogen) atoms. The summed E-state index contributed by atoms with van der Waals surface area (Å²) in [6, 6.07) is 1.52. The van der Waals surface area contributed by atoms with Crippen molar-refractivity contribution in [3.05, 3.63) is 24.0 Å². The maximum atomic E-state index is 12.0. The Kier molecular flexibility index (Phi) is 3.37. The smallest absolute Gasteiger partial charge is 0.295 e. The number of hydrogen-bond acceptors (Lipinski definition) is 4. The minimum atomic E-state index is -0.558. The number of nitrogens with two attached hydrogens (primary N) is 1. The molecular weight excluding hydrogens is 218 g/mol. The fourth-order valence-electron chi connectivity index (χ4n) is 1.95. The largest absolute Gasteiger partial charge is 0.398 e. The highest BCUT2D eigenvalue weighted by atomic mass is 16.2. The predicted octanol–water partition coefficient (Wildman–Crippen LogP) is 0.859. The van der Waals surface area contributed by atoms with Gasteiger partial charge < -0.3 is 10.6 Å². The summed E-state index contributed by atoms with van der Waals surface area (Å²) in [6.07, 6.45) is 5.88. The molecule has 1 saturated heterocycles. The first-order valence-corrected chi connectivity index (χ1v) is 5.73. The van der Waals surface area contributed by atoms with E-state index in [4.69, 9.17) is 5.73 Å². The van der Waals surface area contributed by atoms with Crippen molar-refractivity contribution in [3.63, 3.8) is 0 Å². The molecule has 2 heterocycles. The molecule has 0 radical (unpaired) electrons. The second kappa shape index (κ2) is 4.95. The number of amides is 1. The number of pyridine rings is 1. The zero-order valence-electron chi connectivity index (χ0n) is 9.56. The van der Waals surface area contributed by atoms with Gasteiger partial charge in [-0.15, -0.1) is 0 Å². The lowest BCUT2D eigenvalue weighted by molar-refractivity contribution is -0.127. The van der Waals surface area contributed by atoms with Crippen LogP contribution in [-0.2, 0) is 4.79 Å². The number of ketones is 1. The van der Waals surface area contributed by atoms with Gasteiger partial charge in [-0.2, -0.15) is 0 Å². The second-order valence-electron chi connectivity index (χ2n) is 4.14. The van der Waals surface area contributed by atoms with Gasteiger partial charge in [0.1, 0.15) is 0 Å². The molecule has 1 aromatic rings. The van der Waals surface area contributed by atoms with E-state index in [-0.39, 0.29) is 5.56 Å². The van der Waals surface area contributed by atoms with Gasteiger partial charge in [0.05, 0.1) is 5.56 Å². The van der Waals surface area contributed by atoms with Gasteiger partial charge in [0.15, 0.2) is 0 Å². The number of anilines is 1. The summed E-state index contributed by atoms with van der Waals surface area (Å²) in [6.45, 7) is 1.31. The first-order valence-electron chi connectivity index (χ1n) is 5.73. The molecule has 0 spiro atoms. The summed E-state index contributed by atoms with van der Waals surface area (Å²) in [5.74, 6) is -1.03. The first kappa shape index (κ1) is 11.6.